The summed E-state index contributed by atoms with van der Waals surface area (Å²) in [4.78, 5) is 12.5. The van der Waals surface area contributed by atoms with Gasteiger partial charge in [0.1, 0.15) is 5.82 Å². The van der Waals surface area contributed by atoms with Crippen molar-refractivity contribution in [1.29, 1.82) is 0 Å². The normalized spacial score (nSPS) is 10.6. The van der Waals surface area contributed by atoms with Crippen molar-refractivity contribution in [2.24, 2.45) is 0 Å². The van der Waals surface area contributed by atoms with E-state index in [1.807, 2.05) is 0 Å². The van der Waals surface area contributed by atoms with Crippen LogP contribution in [-0.2, 0) is 0 Å². The molecule has 0 aliphatic rings. The van der Waals surface area contributed by atoms with Gasteiger partial charge in [-0.05, 0) is 55.3 Å². The molecular weight excluding hydrogens is 331 g/mol. The smallest absolute Gasteiger partial charge is 0.193 e. The Labute approximate surface area is 124 Å². The predicted octanol–water partition coefficient (Wildman–Crippen LogP) is 5.09. The van der Waals surface area contributed by atoms with Crippen LogP contribution >= 0.6 is 27.5 Å². The van der Waals surface area contributed by atoms with Crippen molar-refractivity contribution in [1.82, 2.24) is 0 Å². The molecule has 0 amide bonds. The fourth-order valence-electron chi connectivity index (χ4n) is 2.10. The molecule has 2 aromatic rings. The molecule has 0 atom stereocenters. The monoisotopic (exact) mass is 340 g/mol. The molecule has 0 saturated heterocycles. The van der Waals surface area contributed by atoms with Gasteiger partial charge in [0.05, 0.1) is 0 Å². The molecule has 1 nitrogen and oxygen atoms in total. The Kier molecular flexibility index (Phi) is 4.07. The maximum absolute atomic E-state index is 13.3. The van der Waals surface area contributed by atoms with E-state index in [9.17, 15) is 9.18 Å². The van der Waals surface area contributed by atoms with E-state index in [0.29, 0.717) is 27.3 Å². The second kappa shape index (κ2) is 5.43. The third-order valence-electron chi connectivity index (χ3n) is 2.85. The zero-order valence-corrected chi connectivity index (χ0v) is 12.8. The summed E-state index contributed by atoms with van der Waals surface area (Å²) in [7, 11) is 0. The van der Waals surface area contributed by atoms with Crippen molar-refractivity contribution in [3.05, 3.63) is 67.9 Å². The quantitative estimate of drug-likeness (QED) is 0.695. The molecule has 0 aliphatic carbocycles. The van der Waals surface area contributed by atoms with Gasteiger partial charge in [0.15, 0.2) is 5.78 Å². The number of benzene rings is 2. The molecule has 0 saturated carbocycles. The van der Waals surface area contributed by atoms with Crippen LogP contribution in [0, 0.1) is 19.7 Å². The lowest BCUT2D eigenvalue weighted by Gasteiger charge is -2.10. The van der Waals surface area contributed by atoms with E-state index in [2.05, 4.69) is 15.9 Å². The molecule has 0 bridgehead atoms. The van der Waals surface area contributed by atoms with E-state index in [1.54, 1.807) is 32.0 Å². The molecular formula is C15H11BrClFO. The molecule has 2 rings (SSSR count). The van der Waals surface area contributed by atoms with Gasteiger partial charge in [-0.25, -0.2) is 4.39 Å². The summed E-state index contributed by atoms with van der Waals surface area (Å²) in [5, 5.41) is 0.482. The number of carbonyl (C=O) groups excluding carboxylic acids is 1. The summed E-state index contributed by atoms with van der Waals surface area (Å²) in [6, 6.07) is 7.75. The molecule has 19 heavy (non-hydrogen) atoms. The van der Waals surface area contributed by atoms with E-state index >= 15 is 0 Å². The van der Waals surface area contributed by atoms with E-state index < -0.39 is 0 Å². The number of ketones is 1. The zero-order valence-electron chi connectivity index (χ0n) is 10.4. The van der Waals surface area contributed by atoms with Crippen LogP contribution in [0.2, 0.25) is 5.02 Å². The average molecular weight is 342 g/mol. The van der Waals surface area contributed by atoms with Crippen LogP contribution in [0.4, 0.5) is 4.39 Å². The van der Waals surface area contributed by atoms with Crippen LogP contribution in [0.1, 0.15) is 27.0 Å². The molecule has 0 N–H and O–H groups in total. The van der Waals surface area contributed by atoms with Gasteiger partial charge >= 0.3 is 0 Å². The largest absolute Gasteiger partial charge is 0.289 e. The van der Waals surface area contributed by atoms with Gasteiger partial charge in [0.2, 0.25) is 0 Å². The van der Waals surface area contributed by atoms with Gasteiger partial charge < -0.3 is 0 Å². The van der Waals surface area contributed by atoms with E-state index in [1.165, 1.54) is 12.1 Å². The Morgan fingerprint density at radius 3 is 2.21 bits per heavy atom. The van der Waals surface area contributed by atoms with E-state index in [4.69, 9.17) is 11.6 Å². The molecule has 0 unspecified atom stereocenters. The highest BCUT2D eigenvalue weighted by molar-refractivity contribution is 9.10. The summed E-state index contributed by atoms with van der Waals surface area (Å²) in [6.45, 7) is 3.45. The third kappa shape index (κ3) is 3.04. The minimum absolute atomic E-state index is 0.154. The summed E-state index contributed by atoms with van der Waals surface area (Å²) < 4.78 is 14.0. The minimum atomic E-state index is -0.334. The van der Waals surface area contributed by atoms with Crippen molar-refractivity contribution < 1.29 is 9.18 Å². The third-order valence-corrected chi connectivity index (χ3v) is 3.53. The van der Waals surface area contributed by atoms with Gasteiger partial charge in [0.25, 0.3) is 0 Å². The first-order chi connectivity index (χ1) is 8.88. The minimum Gasteiger partial charge on any atom is -0.289 e. The fourth-order valence-corrected chi connectivity index (χ4v) is 2.96. The first-order valence-electron chi connectivity index (χ1n) is 5.66. The molecule has 0 radical (unpaired) electrons. The van der Waals surface area contributed by atoms with Gasteiger partial charge in [-0.3, -0.25) is 4.79 Å². The molecule has 0 heterocycles. The number of hydrogen-bond acceptors (Lipinski definition) is 1. The van der Waals surface area contributed by atoms with E-state index in [0.717, 1.165) is 4.47 Å². The Balaban J connectivity index is 2.56. The predicted molar refractivity (Wildman–Crippen MR) is 78.5 cm³/mol. The number of aryl methyl sites for hydroxylation is 2. The number of carbonyl (C=O) groups is 1. The van der Waals surface area contributed by atoms with Crippen molar-refractivity contribution in [2.45, 2.75) is 13.8 Å². The summed E-state index contributed by atoms with van der Waals surface area (Å²) in [5.41, 5.74) is 2.25. The van der Waals surface area contributed by atoms with Crippen LogP contribution in [0.15, 0.2) is 34.8 Å². The second-order valence-electron chi connectivity index (χ2n) is 4.40. The van der Waals surface area contributed by atoms with Crippen LogP contribution < -0.4 is 0 Å². The average Bonchev–Trinajstić information content (AvgIpc) is 2.25. The Morgan fingerprint density at radius 1 is 1.11 bits per heavy atom. The van der Waals surface area contributed by atoms with Crippen LogP contribution in [0.25, 0.3) is 0 Å². The second-order valence-corrected chi connectivity index (χ2v) is 5.75. The van der Waals surface area contributed by atoms with Gasteiger partial charge in [-0.2, -0.15) is 0 Å². The summed E-state index contributed by atoms with van der Waals surface area (Å²) in [6.07, 6.45) is 0. The summed E-state index contributed by atoms with van der Waals surface area (Å²) >= 11 is 9.25. The van der Waals surface area contributed by atoms with Crippen molar-refractivity contribution in [2.75, 3.05) is 0 Å². The highest BCUT2D eigenvalue weighted by Crippen LogP contribution is 2.24. The van der Waals surface area contributed by atoms with Gasteiger partial charge in [0, 0.05) is 20.6 Å². The van der Waals surface area contributed by atoms with E-state index in [-0.39, 0.29) is 11.6 Å². The van der Waals surface area contributed by atoms with Crippen LogP contribution in [0.5, 0.6) is 0 Å². The molecule has 0 aromatic heterocycles. The lowest BCUT2D eigenvalue weighted by Crippen LogP contribution is -2.07. The van der Waals surface area contributed by atoms with Gasteiger partial charge in [-0.15, -0.1) is 0 Å². The van der Waals surface area contributed by atoms with Crippen molar-refractivity contribution in [3.63, 3.8) is 0 Å². The SMILES string of the molecule is Cc1cc(F)cc(C)c1C(=O)c1cc(Cl)cc(Br)c1. The Hall–Kier alpha value is -1.19. The Morgan fingerprint density at radius 2 is 1.68 bits per heavy atom. The Bertz CT molecular complexity index is 624. The number of rotatable bonds is 2. The van der Waals surface area contributed by atoms with Crippen LogP contribution in [-0.4, -0.2) is 5.78 Å². The molecule has 0 spiro atoms. The molecule has 4 heteroatoms. The van der Waals surface area contributed by atoms with Gasteiger partial charge in [-0.1, -0.05) is 27.5 Å². The standard InChI is InChI=1S/C15H11BrClFO/c1-8-3-13(18)4-9(2)14(8)15(19)10-5-11(16)7-12(17)6-10/h3-7H,1-2H3. The maximum Gasteiger partial charge on any atom is 0.193 e. The summed E-state index contributed by atoms with van der Waals surface area (Å²) in [5.74, 6) is -0.489. The lowest BCUT2D eigenvalue weighted by molar-refractivity contribution is 0.103. The molecule has 2 aromatic carbocycles. The zero-order chi connectivity index (χ0) is 14.2. The number of halogens is 3. The highest BCUT2D eigenvalue weighted by Gasteiger charge is 2.16. The number of hydrogen-bond donors (Lipinski definition) is 0. The van der Waals surface area contributed by atoms with Crippen molar-refractivity contribution >= 4 is 33.3 Å². The maximum atomic E-state index is 13.3. The first-order valence-corrected chi connectivity index (χ1v) is 6.83. The molecule has 0 aliphatic heterocycles. The fraction of sp³-hybridized carbons (Fsp3) is 0.133. The first kappa shape index (κ1) is 14.2. The van der Waals surface area contributed by atoms with Crippen molar-refractivity contribution in [3.8, 4) is 0 Å². The van der Waals surface area contributed by atoms with Crippen LogP contribution in [0.3, 0.4) is 0 Å². The lowest BCUT2D eigenvalue weighted by atomic mass is 9.95. The topological polar surface area (TPSA) is 17.1 Å². The highest BCUT2D eigenvalue weighted by atomic mass is 79.9. The molecule has 0 fully saturated rings. The molecule has 98 valence electrons.